The lowest BCUT2D eigenvalue weighted by Crippen LogP contribution is -2.36. The van der Waals surface area contributed by atoms with Gasteiger partial charge in [0.2, 0.25) is 5.91 Å². The molecule has 5 heteroatoms. The van der Waals surface area contributed by atoms with E-state index in [0.29, 0.717) is 18.2 Å². The van der Waals surface area contributed by atoms with E-state index in [2.05, 4.69) is 10.2 Å². The Morgan fingerprint density at radius 2 is 2.10 bits per heavy atom. The highest BCUT2D eigenvalue weighted by molar-refractivity contribution is 5.76. The smallest absolute Gasteiger partial charge is 0.222 e. The van der Waals surface area contributed by atoms with Gasteiger partial charge in [0.25, 0.3) is 0 Å². The van der Waals surface area contributed by atoms with E-state index in [1.54, 1.807) is 0 Å². The summed E-state index contributed by atoms with van der Waals surface area (Å²) in [5, 5.41) is 12.4. The van der Waals surface area contributed by atoms with Gasteiger partial charge in [-0.3, -0.25) is 9.69 Å². The van der Waals surface area contributed by atoms with Crippen molar-refractivity contribution in [1.29, 1.82) is 0 Å². The molecule has 0 radical (unpaired) electrons. The number of nitrogens with one attached hydrogen (secondary N) is 1. The molecule has 1 amide bonds. The van der Waals surface area contributed by atoms with Gasteiger partial charge in [-0.25, -0.2) is 0 Å². The Labute approximate surface area is 122 Å². The number of carbonyl (C=O) groups is 1. The molecule has 2 heterocycles. The van der Waals surface area contributed by atoms with Crippen LogP contribution in [0, 0.1) is 5.92 Å². The lowest BCUT2D eigenvalue weighted by atomic mass is 9.94. The van der Waals surface area contributed by atoms with E-state index in [1.165, 1.54) is 12.8 Å². The number of amides is 1. The summed E-state index contributed by atoms with van der Waals surface area (Å²) in [6, 6.07) is 0. The highest BCUT2D eigenvalue weighted by atomic mass is 16.3. The standard InChI is InChI=1S/C15H29N3O2/c19-12-11-17-7-2-8-18(10-9-17)15(20)5-4-14-3-1-6-16-13-14/h14,16,19H,1-13H2. The van der Waals surface area contributed by atoms with Crippen molar-refractivity contribution in [3.8, 4) is 0 Å². The van der Waals surface area contributed by atoms with Crippen molar-refractivity contribution in [2.45, 2.75) is 32.1 Å². The molecule has 2 aliphatic heterocycles. The predicted molar refractivity (Wildman–Crippen MR) is 79.6 cm³/mol. The Kier molecular flexibility index (Phi) is 6.76. The van der Waals surface area contributed by atoms with Gasteiger partial charge in [-0.15, -0.1) is 0 Å². The molecule has 2 fully saturated rings. The zero-order valence-electron chi connectivity index (χ0n) is 12.5. The number of carbonyl (C=O) groups excluding carboxylic acids is 1. The van der Waals surface area contributed by atoms with Crippen LogP contribution in [0.25, 0.3) is 0 Å². The Hall–Kier alpha value is -0.650. The number of β-amino-alcohol motifs (C(OH)–C–C–N with tert-alkyl or cyclic N) is 1. The first-order valence-electron chi connectivity index (χ1n) is 8.11. The first-order valence-corrected chi connectivity index (χ1v) is 8.11. The maximum atomic E-state index is 12.3. The first-order chi connectivity index (χ1) is 9.79. The highest BCUT2D eigenvalue weighted by Crippen LogP contribution is 2.17. The molecule has 20 heavy (non-hydrogen) atoms. The quantitative estimate of drug-likeness (QED) is 0.762. The number of aliphatic hydroxyl groups excluding tert-OH is 1. The molecular formula is C15H29N3O2. The van der Waals surface area contributed by atoms with Crippen LogP contribution >= 0.6 is 0 Å². The summed E-state index contributed by atoms with van der Waals surface area (Å²) in [4.78, 5) is 16.6. The summed E-state index contributed by atoms with van der Waals surface area (Å²) in [5.41, 5.74) is 0. The molecule has 2 aliphatic rings. The fraction of sp³-hybridized carbons (Fsp3) is 0.933. The molecular weight excluding hydrogens is 254 g/mol. The molecule has 116 valence electrons. The monoisotopic (exact) mass is 283 g/mol. The van der Waals surface area contributed by atoms with Crippen LogP contribution in [0.5, 0.6) is 0 Å². The van der Waals surface area contributed by atoms with E-state index in [9.17, 15) is 4.79 Å². The SMILES string of the molecule is O=C(CCC1CCCNC1)N1CCCN(CCO)CC1. The maximum absolute atomic E-state index is 12.3. The number of rotatable bonds is 5. The number of piperidine rings is 1. The van der Waals surface area contributed by atoms with Crippen molar-refractivity contribution in [2.24, 2.45) is 5.92 Å². The lowest BCUT2D eigenvalue weighted by molar-refractivity contribution is -0.131. The van der Waals surface area contributed by atoms with Crippen molar-refractivity contribution >= 4 is 5.91 Å². The lowest BCUT2D eigenvalue weighted by Gasteiger charge is -2.25. The van der Waals surface area contributed by atoms with Gasteiger partial charge in [-0.1, -0.05) is 0 Å². The molecule has 1 unspecified atom stereocenters. The van der Waals surface area contributed by atoms with Gasteiger partial charge in [0.05, 0.1) is 6.61 Å². The summed E-state index contributed by atoms with van der Waals surface area (Å²) in [5.74, 6) is 1.01. The largest absolute Gasteiger partial charge is 0.395 e. The van der Waals surface area contributed by atoms with Crippen LogP contribution in [0.4, 0.5) is 0 Å². The molecule has 0 aromatic heterocycles. The summed E-state index contributed by atoms with van der Waals surface area (Å²) >= 11 is 0. The Morgan fingerprint density at radius 3 is 2.85 bits per heavy atom. The van der Waals surface area contributed by atoms with Gasteiger partial charge in [-0.05, 0) is 51.2 Å². The van der Waals surface area contributed by atoms with Crippen LogP contribution in [-0.4, -0.2) is 73.2 Å². The second-order valence-electron chi connectivity index (χ2n) is 6.05. The van der Waals surface area contributed by atoms with Gasteiger partial charge in [0, 0.05) is 32.6 Å². The zero-order chi connectivity index (χ0) is 14.2. The van der Waals surface area contributed by atoms with Crippen molar-refractivity contribution in [3.05, 3.63) is 0 Å². The summed E-state index contributed by atoms with van der Waals surface area (Å²) < 4.78 is 0. The molecule has 2 saturated heterocycles. The first kappa shape index (κ1) is 15.7. The third-order valence-electron chi connectivity index (χ3n) is 4.52. The minimum atomic E-state index is 0.211. The average Bonchev–Trinajstić information content (AvgIpc) is 2.72. The molecule has 2 rings (SSSR count). The molecule has 0 saturated carbocycles. The van der Waals surface area contributed by atoms with E-state index in [-0.39, 0.29) is 6.61 Å². The van der Waals surface area contributed by atoms with Crippen molar-refractivity contribution in [3.63, 3.8) is 0 Å². The maximum Gasteiger partial charge on any atom is 0.222 e. The van der Waals surface area contributed by atoms with Crippen LogP contribution in [0.1, 0.15) is 32.1 Å². The molecule has 0 bridgehead atoms. The van der Waals surface area contributed by atoms with Crippen LogP contribution in [0.2, 0.25) is 0 Å². The van der Waals surface area contributed by atoms with E-state index < -0.39 is 0 Å². The number of nitrogens with zero attached hydrogens (tertiary/aromatic N) is 2. The summed E-state index contributed by atoms with van der Waals surface area (Å²) in [6.45, 7) is 6.76. The molecule has 0 aliphatic carbocycles. The van der Waals surface area contributed by atoms with Crippen molar-refractivity contribution < 1.29 is 9.90 Å². The molecule has 0 aromatic carbocycles. The van der Waals surface area contributed by atoms with E-state index >= 15 is 0 Å². The van der Waals surface area contributed by atoms with Crippen molar-refractivity contribution in [1.82, 2.24) is 15.1 Å². The fourth-order valence-corrected chi connectivity index (χ4v) is 3.24. The summed E-state index contributed by atoms with van der Waals surface area (Å²) in [7, 11) is 0. The molecule has 0 spiro atoms. The zero-order valence-corrected chi connectivity index (χ0v) is 12.5. The molecule has 2 N–H and O–H groups in total. The van der Waals surface area contributed by atoms with Gasteiger partial charge in [-0.2, -0.15) is 0 Å². The minimum Gasteiger partial charge on any atom is -0.395 e. The highest BCUT2D eigenvalue weighted by Gasteiger charge is 2.20. The van der Waals surface area contributed by atoms with Crippen LogP contribution in [0.3, 0.4) is 0 Å². The normalized spacial score (nSPS) is 25.4. The number of hydrogen-bond acceptors (Lipinski definition) is 4. The molecule has 0 aromatic rings. The molecule has 1 atom stereocenters. The third kappa shape index (κ3) is 5.04. The van der Waals surface area contributed by atoms with E-state index in [1.807, 2.05) is 4.90 Å². The van der Waals surface area contributed by atoms with Gasteiger partial charge in [0.15, 0.2) is 0 Å². The van der Waals surface area contributed by atoms with Crippen molar-refractivity contribution in [2.75, 3.05) is 52.4 Å². The van der Waals surface area contributed by atoms with Crippen LogP contribution in [-0.2, 0) is 4.79 Å². The summed E-state index contributed by atoms with van der Waals surface area (Å²) in [6.07, 6.45) is 5.27. The topological polar surface area (TPSA) is 55.8 Å². The number of hydrogen-bond donors (Lipinski definition) is 2. The Morgan fingerprint density at radius 1 is 1.20 bits per heavy atom. The fourth-order valence-electron chi connectivity index (χ4n) is 3.24. The predicted octanol–water partition coefficient (Wildman–Crippen LogP) is 0.293. The van der Waals surface area contributed by atoms with E-state index in [0.717, 1.165) is 58.7 Å². The average molecular weight is 283 g/mol. The third-order valence-corrected chi connectivity index (χ3v) is 4.52. The van der Waals surface area contributed by atoms with E-state index in [4.69, 9.17) is 5.11 Å². The Bertz CT molecular complexity index is 293. The Balaban J connectivity index is 1.69. The van der Waals surface area contributed by atoms with Gasteiger partial charge in [0.1, 0.15) is 0 Å². The van der Waals surface area contributed by atoms with Gasteiger partial charge >= 0.3 is 0 Å². The van der Waals surface area contributed by atoms with Crippen LogP contribution in [0.15, 0.2) is 0 Å². The number of aliphatic hydroxyl groups is 1. The molecule has 5 nitrogen and oxygen atoms in total. The van der Waals surface area contributed by atoms with Crippen LogP contribution < -0.4 is 5.32 Å². The second-order valence-corrected chi connectivity index (χ2v) is 6.05. The second kappa shape index (κ2) is 8.60. The minimum absolute atomic E-state index is 0.211. The van der Waals surface area contributed by atoms with Gasteiger partial charge < -0.3 is 15.3 Å².